The van der Waals surface area contributed by atoms with Gasteiger partial charge in [0, 0.05) is 11.8 Å². The minimum absolute atomic E-state index is 0.0160. The lowest BCUT2D eigenvalue weighted by atomic mass is 10.2. The summed E-state index contributed by atoms with van der Waals surface area (Å²) in [6.07, 6.45) is 0. The van der Waals surface area contributed by atoms with E-state index in [9.17, 15) is 4.79 Å². The summed E-state index contributed by atoms with van der Waals surface area (Å²) < 4.78 is 10.9. The molecule has 0 saturated heterocycles. The van der Waals surface area contributed by atoms with Crippen molar-refractivity contribution in [2.75, 3.05) is 30.0 Å². The minimum Gasteiger partial charge on any atom is -0.486 e. The maximum atomic E-state index is 11.8. The number of amides is 1. The highest BCUT2D eigenvalue weighted by atomic mass is 32.2. The second-order valence-electron chi connectivity index (χ2n) is 4.82. The normalized spacial score (nSPS) is 13.4. The Labute approximate surface area is 117 Å². The van der Waals surface area contributed by atoms with Crippen molar-refractivity contribution in [2.45, 2.75) is 13.8 Å². The van der Waals surface area contributed by atoms with Crippen LogP contribution in [0, 0.1) is 5.92 Å². The van der Waals surface area contributed by atoms with Crippen LogP contribution in [0.1, 0.15) is 13.8 Å². The largest absolute Gasteiger partial charge is 0.486 e. The van der Waals surface area contributed by atoms with E-state index in [0.717, 1.165) is 17.2 Å². The highest BCUT2D eigenvalue weighted by Crippen LogP contribution is 2.32. The van der Waals surface area contributed by atoms with E-state index in [4.69, 9.17) is 9.47 Å². The number of ether oxygens (including phenoxy) is 2. The molecule has 4 nitrogen and oxygen atoms in total. The Bertz CT molecular complexity index is 448. The number of benzene rings is 1. The first kappa shape index (κ1) is 14.1. The molecule has 0 bridgehead atoms. The number of fused-ring (bicyclic) bond motifs is 1. The van der Waals surface area contributed by atoms with Crippen LogP contribution in [0.25, 0.3) is 0 Å². The maximum absolute atomic E-state index is 11.8. The molecule has 19 heavy (non-hydrogen) atoms. The molecular formula is C14H19NO3S. The number of thioether (sulfide) groups is 1. The second-order valence-corrected chi connectivity index (χ2v) is 5.85. The van der Waals surface area contributed by atoms with E-state index in [-0.39, 0.29) is 5.91 Å². The summed E-state index contributed by atoms with van der Waals surface area (Å²) in [6.45, 7) is 5.41. The third-order valence-electron chi connectivity index (χ3n) is 2.51. The molecule has 1 amide bonds. The second kappa shape index (κ2) is 6.70. The monoisotopic (exact) mass is 281 g/mol. The number of rotatable bonds is 5. The third-order valence-corrected chi connectivity index (χ3v) is 3.88. The van der Waals surface area contributed by atoms with Crippen LogP contribution >= 0.6 is 11.8 Å². The van der Waals surface area contributed by atoms with Gasteiger partial charge < -0.3 is 14.8 Å². The molecule has 1 heterocycles. The molecule has 0 aliphatic carbocycles. The Morgan fingerprint density at radius 1 is 1.32 bits per heavy atom. The topological polar surface area (TPSA) is 47.6 Å². The van der Waals surface area contributed by atoms with Gasteiger partial charge in [-0.05, 0) is 23.8 Å². The van der Waals surface area contributed by atoms with Crippen LogP contribution in [0.4, 0.5) is 5.69 Å². The summed E-state index contributed by atoms with van der Waals surface area (Å²) in [5.74, 6) is 3.52. The molecule has 0 unspecified atom stereocenters. The van der Waals surface area contributed by atoms with Gasteiger partial charge in [0.25, 0.3) is 0 Å². The average Bonchev–Trinajstić information content (AvgIpc) is 2.38. The molecule has 104 valence electrons. The van der Waals surface area contributed by atoms with Gasteiger partial charge in [0.1, 0.15) is 13.2 Å². The third kappa shape index (κ3) is 4.35. The van der Waals surface area contributed by atoms with Crippen molar-refractivity contribution in [3.8, 4) is 11.5 Å². The summed E-state index contributed by atoms with van der Waals surface area (Å²) >= 11 is 1.65. The molecular weight excluding hydrogens is 262 g/mol. The number of carbonyl (C=O) groups excluding carboxylic acids is 1. The molecule has 0 radical (unpaired) electrons. The Kier molecular flexibility index (Phi) is 4.96. The van der Waals surface area contributed by atoms with Crippen LogP contribution in [0.3, 0.4) is 0 Å². The Morgan fingerprint density at radius 2 is 2.05 bits per heavy atom. The molecule has 1 N–H and O–H groups in total. The van der Waals surface area contributed by atoms with Crippen LogP contribution in [0.5, 0.6) is 11.5 Å². The van der Waals surface area contributed by atoms with Gasteiger partial charge in [0.2, 0.25) is 5.91 Å². The predicted octanol–water partition coefficient (Wildman–Crippen LogP) is 2.79. The molecule has 0 saturated carbocycles. The molecule has 2 rings (SSSR count). The van der Waals surface area contributed by atoms with Crippen LogP contribution in [0.2, 0.25) is 0 Å². The summed E-state index contributed by atoms with van der Waals surface area (Å²) in [4.78, 5) is 11.8. The van der Waals surface area contributed by atoms with Gasteiger partial charge in [0.15, 0.2) is 11.5 Å². The first-order valence-electron chi connectivity index (χ1n) is 6.42. The minimum atomic E-state index is 0.0160. The van der Waals surface area contributed by atoms with Gasteiger partial charge in [-0.15, -0.1) is 0 Å². The molecule has 0 spiro atoms. The van der Waals surface area contributed by atoms with E-state index in [1.165, 1.54) is 0 Å². The van der Waals surface area contributed by atoms with E-state index in [1.54, 1.807) is 17.8 Å². The van der Waals surface area contributed by atoms with Crippen molar-refractivity contribution >= 4 is 23.4 Å². The van der Waals surface area contributed by atoms with E-state index < -0.39 is 0 Å². The smallest absolute Gasteiger partial charge is 0.234 e. The van der Waals surface area contributed by atoms with Crippen molar-refractivity contribution in [3.63, 3.8) is 0 Å². The lowest BCUT2D eigenvalue weighted by Crippen LogP contribution is -2.17. The fraction of sp³-hybridized carbons (Fsp3) is 0.500. The number of hydrogen-bond acceptors (Lipinski definition) is 4. The predicted molar refractivity (Wildman–Crippen MR) is 78.2 cm³/mol. The van der Waals surface area contributed by atoms with Crippen molar-refractivity contribution in [3.05, 3.63) is 18.2 Å². The lowest BCUT2D eigenvalue weighted by Gasteiger charge is -2.19. The number of carbonyl (C=O) groups is 1. The number of anilines is 1. The van der Waals surface area contributed by atoms with Crippen molar-refractivity contribution in [1.82, 2.24) is 0 Å². The summed E-state index contributed by atoms with van der Waals surface area (Å²) in [7, 11) is 0. The van der Waals surface area contributed by atoms with Crippen LogP contribution in [-0.4, -0.2) is 30.6 Å². The van der Waals surface area contributed by atoms with Crippen molar-refractivity contribution in [2.24, 2.45) is 5.92 Å². The molecule has 1 aromatic rings. The summed E-state index contributed by atoms with van der Waals surface area (Å²) in [5.41, 5.74) is 0.749. The number of hydrogen-bond donors (Lipinski definition) is 1. The van der Waals surface area contributed by atoms with Crippen molar-refractivity contribution in [1.29, 1.82) is 0 Å². The van der Waals surface area contributed by atoms with Gasteiger partial charge in [-0.25, -0.2) is 0 Å². The molecule has 1 aromatic carbocycles. The molecule has 0 atom stereocenters. The standard InChI is InChI=1S/C14H19NO3S/c1-10(2)8-19-9-14(16)15-11-3-4-12-13(7-11)18-6-5-17-12/h3-4,7,10H,5-6,8-9H2,1-2H3,(H,15,16). The summed E-state index contributed by atoms with van der Waals surface area (Å²) in [6, 6.07) is 5.46. The van der Waals surface area contributed by atoms with Gasteiger partial charge >= 0.3 is 0 Å². The molecule has 0 fully saturated rings. The van der Waals surface area contributed by atoms with Crippen LogP contribution < -0.4 is 14.8 Å². The van der Waals surface area contributed by atoms with E-state index >= 15 is 0 Å². The molecule has 0 aromatic heterocycles. The first-order chi connectivity index (χ1) is 9.15. The van der Waals surface area contributed by atoms with Gasteiger partial charge in [-0.3, -0.25) is 4.79 Å². The average molecular weight is 281 g/mol. The Hall–Kier alpha value is -1.36. The highest BCUT2D eigenvalue weighted by molar-refractivity contribution is 7.99. The molecule has 1 aliphatic rings. The van der Waals surface area contributed by atoms with E-state index in [1.807, 2.05) is 12.1 Å². The van der Waals surface area contributed by atoms with Crippen LogP contribution in [-0.2, 0) is 4.79 Å². The van der Waals surface area contributed by atoms with E-state index in [0.29, 0.717) is 30.6 Å². The first-order valence-corrected chi connectivity index (χ1v) is 7.58. The lowest BCUT2D eigenvalue weighted by molar-refractivity contribution is -0.113. The number of nitrogens with one attached hydrogen (secondary N) is 1. The van der Waals surface area contributed by atoms with Gasteiger partial charge in [-0.1, -0.05) is 13.8 Å². The van der Waals surface area contributed by atoms with Gasteiger partial charge in [-0.2, -0.15) is 11.8 Å². The SMILES string of the molecule is CC(C)CSCC(=O)Nc1ccc2c(c1)OCCO2. The highest BCUT2D eigenvalue weighted by Gasteiger charge is 2.12. The zero-order chi connectivity index (χ0) is 13.7. The maximum Gasteiger partial charge on any atom is 0.234 e. The quantitative estimate of drug-likeness (QED) is 0.901. The van der Waals surface area contributed by atoms with Gasteiger partial charge in [0.05, 0.1) is 5.75 Å². The Balaban J connectivity index is 1.86. The van der Waals surface area contributed by atoms with Crippen LogP contribution in [0.15, 0.2) is 18.2 Å². The Morgan fingerprint density at radius 3 is 2.79 bits per heavy atom. The molecule has 1 aliphatic heterocycles. The molecule has 5 heteroatoms. The van der Waals surface area contributed by atoms with E-state index in [2.05, 4.69) is 19.2 Å². The zero-order valence-corrected chi connectivity index (χ0v) is 12.1. The van der Waals surface area contributed by atoms with Crippen molar-refractivity contribution < 1.29 is 14.3 Å². The fourth-order valence-electron chi connectivity index (χ4n) is 1.71. The summed E-state index contributed by atoms with van der Waals surface area (Å²) in [5, 5.41) is 2.87. The zero-order valence-electron chi connectivity index (χ0n) is 11.3. The fourth-order valence-corrected chi connectivity index (χ4v) is 2.55.